The molecule has 1 aromatic rings. The number of urea groups is 1. The molecule has 0 spiro atoms. The topological polar surface area (TPSA) is 67.4 Å². The van der Waals surface area contributed by atoms with E-state index in [1.807, 2.05) is 6.92 Å². The van der Waals surface area contributed by atoms with Crippen LogP contribution >= 0.6 is 0 Å². The van der Waals surface area contributed by atoms with Crippen molar-refractivity contribution in [2.24, 2.45) is 5.92 Å². The zero-order valence-electron chi connectivity index (χ0n) is 12.3. The van der Waals surface area contributed by atoms with Gasteiger partial charge >= 0.3 is 12.0 Å². The van der Waals surface area contributed by atoms with Gasteiger partial charge < -0.3 is 15.4 Å². The Morgan fingerprint density at radius 1 is 1.29 bits per heavy atom. The largest absolute Gasteiger partial charge is 0.465 e. The van der Waals surface area contributed by atoms with Crippen LogP contribution in [0, 0.1) is 5.92 Å². The number of nitrogens with one attached hydrogen (secondary N) is 2. The molecule has 1 saturated carbocycles. The van der Waals surface area contributed by atoms with Crippen molar-refractivity contribution in [1.29, 1.82) is 0 Å². The van der Waals surface area contributed by atoms with E-state index < -0.39 is 0 Å². The van der Waals surface area contributed by atoms with E-state index in [1.54, 1.807) is 30.5 Å². The summed E-state index contributed by atoms with van der Waals surface area (Å²) in [5, 5.41) is 5.49. The normalized spacial score (nSPS) is 14.5. The average Bonchev–Trinajstić information content (AvgIpc) is 3.35. The van der Waals surface area contributed by atoms with Crippen LogP contribution in [0.15, 0.2) is 36.0 Å². The zero-order valence-corrected chi connectivity index (χ0v) is 12.3. The fourth-order valence-corrected chi connectivity index (χ4v) is 1.95. The van der Waals surface area contributed by atoms with E-state index in [0.29, 0.717) is 18.0 Å². The van der Waals surface area contributed by atoms with Crippen LogP contribution in [0.25, 0.3) is 0 Å². The van der Waals surface area contributed by atoms with Crippen LogP contribution < -0.4 is 10.6 Å². The van der Waals surface area contributed by atoms with Gasteiger partial charge in [-0.3, -0.25) is 0 Å². The second-order valence-electron chi connectivity index (χ2n) is 5.18. The summed E-state index contributed by atoms with van der Waals surface area (Å²) in [6.07, 6.45) is 4.21. The molecule has 2 amide bonds. The lowest BCUT2D eigenvalue weighted by molar-refractivity contribution is 0.0600. The lowest BCUT2D eigenvalue weighted by Crippen LogP contribution is -2.31. The molecular formula is C16H20N2O3. The van der Waals surface area contributed by atoms with Crippen molar-refractivity contribution in [3.05, 3.63) is 47.2 Å². The Kier molecular flexibility index (Phi) is 4.98. The molecule has 112 valence electrons. The Morgan fingerprint density at radius 2 is 1.95 bits per heavy atom. The first-order valence-corrected chi connectivity index (χ1v) is 6.98. The molecule has 0 atom stereocenters. The van der Waals surface area contributed by atoms with Crippen molar-refractivity contribution in [2.75, 3.05) is 7.11 Å². The predicted molar refractivity (Wildman–Crippen MR) is 79.6 cm³/mol. The van der Waals surface area contributed by atoms with Crippen molar-refractivity contribution >= 4 is 12.0 Å². The molecule has 21 heavy (non-hydrogen) atoms. The lowest BCUT2D eigenvalue weighted by Gasteiger charge is -2.06. The number of allylic oxidation sites excluding steroid dienone is 1. The quantitative estimate of drug-likeness (QED) is 0.818. The Bertz CT molecular complexity index is 545. The number of ether oxygens (including phenoxy) is 1. The van der Waals surface area contributed by atoms with Crippen molar-refractivity contribution in [3.63, 3.8) is 0 Å². The van der Waals surface area contributed by atoms with E-state index in [1.165, 1.54) is 25.5 Å². The van der Waals surface area contributed by atoms with Gasteiger partial charge in [0.25, 0.3) is 0 Å². The van der Waals surface area contributed by atoms with Gasteiger partial charge in [0.2, 0.25) is 0 Å². The molecule has 0 bridgehead atoms. The molecule has 0 aliphatic heterocycles. The molecule has 5 heteroatoms. The first-order chi connectivity index (χ1) is 10.1. The van der Waals surface area contributed by atoms with Gasteiger partial charge in [0, 0.05) is 12.7 Å². The molecular weight excluding hydrogens is 268 g/mol. The Hall–Kier alpha value is -2.30. The van der Waals surface area contributed by atoms with Crippen LogP contribution in [0.1, 0.15) is 35.7 Å². The zero-order chi connectivity index (χ0) is 15.2. The number of esters is 1. The molecule has 5 nitrogen and oxygen atoms in total. The molecule has 0 unspecified atom stereocenters. The molecule has 1 aromatic carbocycles. The monoisotopic (exact) mass is 288 g/mol. The summed E-state index contributed by atoms with van der Waals surface area (Å²) in [4.78, 5) is 22.9. The number of hydrogen-bond donors (Lipinski definition) is 2. The molecule has 2 rings (SSSR count). The van der Waals surface area contributed by atoms with E-state index in [4.69, 9.17) is 0 Å². The highest BCUT2D eigenvalue weighted by Crippen LogP contribution is 2.35. The van der Waals surface area contributed by atoms with E-state index in [9.17, 15) is 9.59 Å². The summed E-state index contributed by atoms with van der Waals surface area (Å²) in [7, 11) is 1.35. The summed E-state index contributed by atoms with van der Waals surface area (Å²) in [5.41, 5.74) is 2.63. The Labute approximate surface area is 124 Å². The average molecular weight is 288 g/mol. The lowest BCUT2D eigenvalue weighted by atomic mass is 10.1. The van der Waals surface area contributed by atoms with E-state index in [2.05, 4.69) is 15.4 Å². The highest BCUT2D eigenvalue weighted by atomic mass is 16.5. The standard InChI is InChI=1S/C16H20N2O3/c1-11(13-7-8-13)9-17-16(20)18-10-12-3-5-14(6-4-12)15(19)21-2/h3-6,9,13H,7-8,10H2,1-2H3,(H2,17,18,20)/b11-9+. The first-order valence-electron chi connectivity index (χ1n) is 6.98. The van der Waals surface area contributed by atoms with Crippen LogP contribution in [0.5, 0.6) is 0 Å². The van der Waals surface area contributed by atoms with Gasteiger partial charge in [0.05, 0.1) is 12.7 Å². The van der Waals surface area contributed by atoms with Crippen LogP contribution in [0.2, 0.25) is 0 Å². The Morgan fingerprint density at radius 3 is 2.52 bits per heavy atom. The van der Waals surface area contributed by atoms with E-state index in [0.717, 1.165) is 5.56 Å². The maximum atomic E-state index is 11.6. The number of amides is 2. The van der Waals surface area contributed by atoms with Gasteiger partial charge in [-0.2, -0.15) is 0 Å². The summed E-state index contributed by atoms with van der Waals surface area (Å²) in [6, 6.07) is 6.71. The maximum absolute atomic E-state index is 11.6. The molecule has 1 aliphatic carbocycles. The van der Waals surface area contributed by atoms with Gasteiger partial charge in [-0.05, 0) is 43.4 Å². The SMILES string of the molecule is COC(=O)c1ccc(CNC(=O)N/C=C(\C)C2CC2)cc1. The van der Waals surface area contributed by atoms with Crippen LogP contribution in [0.3, 0.4) is 0 Å². The molecule has 0 aromatic heterocycles. The molecule has 2 N–H and O–H groups in total. The summed E-state index contributed by atoms with van der Waals surface area (Å²) < 4.78 is 4.63. The third kappa shape index (κ3) is 4.63. The number of carbonyl (C=O) groups is 2. The Balaban J connectivity index is 1.78. The smallest absolute Gasteiger partial charge is 0.337 e. The third-order valence-corrected chi connectivity index (χ3v) is 3.48. The highest BCUT2D eigenvalue weighted by Gasteiger charge is 2.22. The molecule has 1 fully saturated rings. The van der Waals surface area contributed by atoms with Gasteiger partial charge in [-0.1, -0.05) is 17.7 Å². The number of rotatable bonds is 5. The molecule has 0 heterocycles. The number of hydrogen-bond acceptors (Lipinski definition) is 3. The van der Waals surface area contributed by atoms with E-state index in [-0.39, 0.29) is 12.0 Å². The molecule has 0 radical (unpaired) electrons. The maximum Gasteiger partial charge on any atom is 0.337 e. The fourth-order valence-electron chi connectivity index (χ4n) is 1.95. The fraction of sp³-hybridized carbons (Fsp3) is 0.375. The van der Waals surface area contributed by atoms with Gasteiger partial charge in [-0.25, -0.2) is 9.59 Å². The number of benzene rings is 1. The third-order valence-electron chi connectivity index (χ3n) is 3.48. The molecule has 1 aliphatic rings. The van der Waals surface area contributed by atoms with Crippen molar-refractivity contribution in [2.45, 2.75) is 26.3 Å². The summed E-state index contributed by atoms with van der Waals surface area (Å²) >= 11 is 0. The second kappa shape index (κ2) is 6.92. The van der Waals surface area contributed by atoms with Crippen molar-refractivity contribution < 1.29 is 14.3 Å². The minimum absolute atomic E-state index is 0.230. The van der Waals surface area contributed by atoms with E-state index >= 15 is 0 Å². The first kappa shape index (κ1) is 15.1. The van der Waals surface area contributed by atoms with Crippen LogP contribution in [-0.4, -0.2) is 19.1 Å². The molecule has 0 saturated heterocycles. The van der Waals surface area contributed by atoms with Crippen molar-refractivity contribution in [3.8, 4) is 0 Å². The second-order valence-corrected chi connectivity index (χ2v) is 5.18. The van der Waals surface area contributed by atoms with Crippen LogP contribution in [0.4, 0.5) is 4.79 Å². The van der Waals surface area contributed by atoms with Gasteiger partial charge in [-0.15, -0.1) is 0 Å². The van der Waals surface area contributed by atoms with Crippen molar-refractivity contribution in [1.82, 2.24) is 10.6 Å². The highest BCUT2D eigenvalue weighted by molar-refractivity contribution is 5.89. The van der Waals surface area contributed by atoms with Gasteiger partial charge in [0.15, 0.2) is 0 Å². The van der Waals surface area contributed by atoms with Crippen LogP contribution in [-0.2, 0) is 11.3 Å². The summed E-state index contributed by atoms with van der Waals surface area (Å²) in [6.45, 7) is 2.44. The van der Waals surface area contributed by atoms with Gasteiger partial charge in [0.1, 0.15) is 0 Å². The minimum Gasteiger partial charge on any atom is -0.465 e. The summed E-state index contributed by atoms with van der Waals surface area (Å²) in [5.74, 6) is 0.282. The minimum atomic E-state index is -0.368. The predicted octanol–water partition coefficient (Wildman–Crippen LogP) is 2.59. The number of methoxy groups -OCH3 is 1. The number of carbonyl (C=O) groups excluding carboxylic acids is 2.